The average Bonchev–Trinajstić information content (AvgIpc) is 3.29. The standard InChI is InChI=1S/C22H21N5O3/c1-29-18-9-5-7-16(13-18)20-25-21(30-26-20)19-10-2-3-11-27(19)22(28)24-17-8-4-6-15(12-17)14-23/h4-9,12-13,19H,2-3,10-11H2,1H3,(H,24,28). The van der Waals surface area contributed by atoms with Crippen LogP contribution in [0.2, 0.25) is 0 Å². The van der Waals surface area contributed by atoms with Crippen molar-refractivity contribution in [2.45, 2.75) is 25.3 Å². The van der Waals surface area contributed by atoms with E-state index in [-0.39, 0.29) is 12.1 Å². The van der Waals surface area contributed by atoms with Crippen LogP contribution in [0.4, 0.5) is 10.5 Å². The summed E-state index contributed by atoms with van der Waals surface area (Å²) < 4.78 is 10.8. The molecule has 0 spiro atoms. The Kier molecular flexibility index (Phi) is 5.61. The van der Waals surface area contributed by atoms with E-state index >= 15 is 0 Å². The number of piperidine rings is 1. The minimum atomic E-state index is -0.301. The summed E-state index contributed by atoms with van der Waals surface area (Å²) in [5, 5.41) is 16.0. The van der Waals surface area contributed by atoms with Crippen molar-refractivity contribution in [2.24, 2.45) is 0 Å². The van der Waals surface area contributed by atoms with Gasteiger partial charge in [-0.3, -0.25) is 0 Å². The molecule has 3 aromatic rings. The first kappa shape index (κ1) is 19.5. The van der Waals surface area contributed by atoms with E-state index in [9.17, 15) is 4.79 Å². The number of likely N-dealkylation sites (tertiary alicyclic amines) is 1. The summed E-state index contributed by atoms with van der Waals surface area (Å²) in [7, 11) is 1.60. The molecule has 8 nitrogen and oxygen atoms in total. The molecule has 0 bridgehead atoms. The third kappa shape index (κ3) is 4.10. The van der Waals surface area contributed by atoms with Gasteiger partial charge in [0.15, 0.2) is 0 Å². The lowest BCUT2D eigenvalue weighted by molar-refractivity contribution is 0.142. The summed E-state index contributed by atoms with van der Waals surface area (Å²) in [5.41, 5.74) is 1.85. The predicted octanol–water partition coefficient (Wildman–Crippen LogP) is 4.38. The van der Waals surface area contributed by atoms with Crippen molar-refractivity contribution in [3.63, 3.8) is 0 Å². The molecule has 2 amide bonds. The molecule has 1 N–H and O–H groups in total. The summed E-state index contributed by atoms with van der Waals surface area (Å²) in [6.07, 6.45) is 2.61. The summed E-state index contributed by atoms with van der Waals surface area (Å²) in [6, 6.07) is 15.8. The van der Waals surface area contributed by atoms with Gasteiger partial charge in [0.1, 0.15) is 11.8 Å². The number of nitrogens with zero attached hydrogens (tertiary/aromatic N) is 4. The maximum Gasteiger partial charge on any atom is 0.322 e. The zero-order chi connectivity index (χ0) is 20.9. The van der Waals surface area contributed by atoms with Crippen molar-refractivity contribution in [1.29, 1.82) is 5.26 Å². The zero-order valence-electron chi connectivity index (χ0n) is 16.5. The van der Waals surface area contributed by atoms with Crippen molar-refractivity contribution in [3.05, 3.63) is 60.0 Å². The van der Waals surface area contributed by atoms with E-state index < -0.39 is 0 Å². The lowest BCUT2D eigenvalue weighted by atomic mass is 10.0. The molecule has 4 rings (SSSR count). The van der Waals surface area contributed by atoms with Gasteiger partial charge in [-0.15, -0.1) is 0 Å². The molecule has 30 heavy (non-hydrogen) atoms. The second-order valence-electron chi connectivity index (χ2n) is 7.02. The van der Waals surface area contributed by atoms with Gasteiger partial charge in [-0.2, -0.15) is 10.2 Å². The second kappa shape index (κ2) is 8.66. The summed E-state index contributed by atoms with van der Waals surface area (Å²) >= 11 is 0. The van der Waals surface area contributed by atoms with E-state index in [0.29, 0.717) is 35.3 Å². The maximum atomic E-state index is 12.9. The molecule has 1 atom stereocenters. The van der Waals surface area contributed by atoms with Gasteiger partial charge in [0.2, 0.25) is 11.7 Å². The van der Waals surface area contributed by atoms with Gasteiger partial charge in [-0.05, 0) is 49.6 Å². The molecular formula is C22H21N5O3. The fraction of sp³-hybridized carbons (Fsp3) is 0.273. The molecule has 8 heteroatoms. The molecule has 0 saturated carbocycles. The maximum absolute atomic E-state index is 12.9. The number of urea groups is 1. The molecule has 1 aliphatic heterocycles. The lowest BCUT2D eigenvalue weighted by Crippen LogP contribution is -2.41. The fourth-order valence-corrected chi connectivity index (χ4v) is 3.54. The largest absolute Gasteiger partial charge is 0.497 e. The third-order valence-corrected chi connectivity index (χ3v) is 5.06. The highest BCUT2D eigenvalue weighted by molar-refractivity contribution is 5.89. The summed E-state index contributed by atoms with van der Waals surface area (Å²) in [5.74, 6) is 1.57. The van der Waals surface area contributed by atoms with Crippen LogP contribution in [0.1, 0.15) is 36.8 Å². The number of nitrogens with one attached hydrogen (secondary N) is 1. The van der Waals surface area contributed by atoms with Crippen LogP contribution in [0.25, 0.3) is 11.4 Å². The van der Waals surface area contributed by atoms with Gasteiger partial charge >= 0.3 is 6.03 Å². The van der Waals surface area contributed by atoms with Crippen LogP contribution in [-0.2, 0) is 0 Å². The number of hydrogen-bond donors (Lipinski definition) is 1. The van der Waals surface area contributed by atoms with Crippen LogP contribution < -0.4 is 10.1 Å². The number of benzene rings is 2. The van der Waals surface area contributed by atoms with Crippen LogP contribution in [0.15, 0.2) is 53.1 Å². The van der Waals surface area contributed by atoms with E-state index in [4.69, 9.17) is 14.5 Å². The van der Waals surface area contributed by atoms with E-state index in [1.54, 1.807) is 36.3 Å². The van der Waals surface area contributed by atoms with E-state index in [0.717, 1.165) is 24.8 Å². The molecule has 1 aromatic heterocycles. The van der Waals surface area contributed by atoms with Crippen molar-refractivity contribution >= 4 is 11.7 Å². The van der Waals surface area contributed by atoms with Gasteiger partial charge in [0.05, 0.1) is 18.7 Å². The number of carbonyl (C=O) groups excluding carboxylic acids is 1. The van der Waals surface area contributed by atoms with Gasteiger partial charge in [-0.25, -0.2) is 4.79 Å². The molecule has 2 aromatic carbocycles. The Morgan fingerprint density at radius 1 is 1.27 bits per heavy atom. The number of hydrogen-bond acceptors (Lipinski definition) is 6. The lowest BCUT2D eigenvalue weighted by Gasteiger charge is -2.33. The van der Waals surface area contributed by atoms with Crippen LogP contribution in [0, 0.1) is 11.3 Å². The van der Waals surface area contributed by atoms with Gasteiger partial charge < -0.3 is 19.5 Å². The van der Waals surface area contributed by atoms with E-state index in [2.05, 4.69) is 21.5 Å². The van der Waals surface area contributed by atoms with Crippen LogP contribution in [0.3, 0.4) is 0 Å². The number of ether oxygens (including phenoxy) is 1. The quantitative estimate of drug-likeness (QED) is 0.693. The normalized spacial score (nSPS) is 16.0. The third-order valence-electron chi connectivity index (χ3n) is 5.06. The number of amides is 2. The number of nitriles is 1. The van der Waals surface area contributed by atoms with Crippen LogP contribution in [0.5, 0.6) is 5.75 Å². The Morgan fingerprint density at radius 2 is 2.13 bits per heavy atom. The van der Waals surface area contributed by atoms with Gasteiger partial charge in [0.25, 0.3) is 0 Å². The molecule has 2 heterocycles. The second-order valence-corrected chi connectivity index (χ2v) is 7.02. The topological polar surface area (TPSA) is 104 Å². The number of methoxy groups -OCH3 is 1. The van der Waals surface area contributed by atoms with Crippen LogP contribution in [-0.4, -0.2) is 34.7 Å². The van der Waals surface area contributed by atoms with Crippen LogP contribution >= 0.6 is 0 Å². The van der Waals surface area contributed by atoms with E-state index in [1.165, 1.54) is 0 Å². The Morgan fingerprint density at radius 3 is 2.97 bits per heavy atom. The molecule has 0 radical (unpaired) electrons. The number of rotatable bonds is 4. The first-order chi connectivity index (χ1) is 14.7. The number of anilines is 1. The molecule has 1 saturated heterocycles. The molecule has 1 fully saturated rings. The SMILES string of the molecule is COc1cccc(-c2noc(C3CCCCN3C(=O)Nc3cccc(C#N)c3)n2)c1. The first-order valence-electron chi connectivity index (χ1n) is 9.74. The smallest absolute Gasteiger partial charge is 0.322 e. The Bertz CT molecular complexity index is 1090. The Labute approximate surface area is 174 Å². The molecule has 1 aliphatic rings. The van der Waals surface area contributed by atoms with Crippen molar-refractivity contribution in [1.82, 2.24) is 15.0 Å². The highest BCUT2D eigenvalue weighted by Crippen LogP contribution is 2.32. The van der Waals surface area contributed by atoms with E-state index in [1.807, 2.05) is 24.3 Å². The van der Waals surface area contributed by atoms with Gasteiger partial charge in [-0.1, -0.05) is 23.4 Å². The van der Waals surface area contributed by atoms with Crippen molar-refractivity contribution < 1.29 is 14.1 Å². The highest BCUT2D eigenvalue weighted by Gasteiger charge is 2.32. The van der Waals surface area contributed by atoms with Crippen molar-refractivity contribution in [2.75, 3.05) is 19.0 Å². The predicted molar refractivity (Wildman–Crippen MR) is 110 cm³/mol. The Hall–Kier alpha value is -3.86. The van der Waals surface area contributed by atoms with Crippen molar-refractivity contribution in [3.8, 4) is 23.2 Å². The highest BCUT2D eigenvalue weighted by atomic mass is 16.5. The molecule has 0 aliphatic carbocycles. The molecule has 152 valence electrons. The minimum absolute atomic E-state index is 0.254. The number of carbonyl (C=O) groups is 1. The summed E-state index contributed by atoms with van der Waals surface area (Å²) in [4.78, 5) is 19.2. The molecular weight excluding hydrogens is 382 g/mol. The monoisotopic (exact) mass is 403 g/mol. The number of aromatic nitrogens is 2. The van der Waals surface area contributed by atoms with Gasteiger partial charge in [0, 0.05) is 17.8 Å². The fourth-order valence-electron chi connectivity index (χ4n) is 3.54. The zero-order valence-corrected chi connectivity index (χ0v) is 16.5. The Balaban J connectivity index is 1.54. The minimum Gasteiger partial charge on any atom is -0.497 e. The first-order valence-corrected chi connectivity index (χ1v) is 9.74. The summed E-state index contributed by atoms with van der Waals surface area (Å²) in [6.45, 7) is 0.589. The molecule has 1 unspecified atom stereocenters. The average molecular weight is 403 g/mol.